The standard InChI is InChI=1S/C15H15BrN2O2S/c16-11-6-7-13(17)15(8-11)21(19,20)18-14-9-12(14)10-4-2-1-3-5-10/h1-8,12,14,18H,9,17H2. The molecule has 21 heavy (non-hydrogen) atoms. The van der Waals surface area contributed by atoms with Gasteiger partial charge in [-0.15, -0.1) is 0 Å². The Hall–Kier alpha value is -1.37. The molecule has 0 spiro atoms. The van der Waals surface area contributed by atoms with Crippen LogP contribution in [0.1, 0.15) is 17.9 Å². The van der Waals surface area contributed by atoms with Gasteiger partial charge in [0.2, 0.25) is 10.0 Å². The van der Waals surface area contributed by atoms with Crippen LogP contribution >= 0.6 is 15.9 Å². The van der Waals surface area contributed by atoms with E-state index in [0.29, 0.717) is 4.47 Å². The molecule has 4 nitrogen and oxygen atoms in total. The fourth-order valence-corrected chi connectivity index (χ4v) is 4.36. The van der Waals surface area contributed by atoms with Gasteiger partial charge in [0.1, 0.15) is 4.90 Å². The van der Waals surface area contributed by atoms with Gasteiger partial charge in [-0.05, 0) is 30.2 Å². The van der Waals surface area contributed by atoms with Crippen molar-refractivity contribution >= 4 is 31.6 Å². The Morgan fingerprint density at radius 3 is 2.57 bits per heavy atom. The summed E-state index contributed by atoms with van der Waals surface area (Å²) in [6.45, 7) is 0. The molecule has 3 rings (SSSR count). The van der Waals surface area contributed by atoms with Crippen LogP contribution in [0.4, 0.5) is 5.69 Å². The Morgan fingerprint density at radius 1 is 1.14 bits per heavy atom. The highest BCUT2D eigenvalue weighted by Gasteiger charge is 2.41. The molecule has 0 heterocycles. The molecule has 0 saturated heterocycles. The van der Waals surface area contributed by atoms with E-state index in [1.165, 1.54) is 6.07 Å². The summed E-state index contributed by atoms with van der Waals surface area (Å²) < 4.78 is 28.3. The molecule has 6 heteroatoms. The van der Waals surface area contributed by atoms with E-state index in [-0.39, 0.29) is 22.5 Å². The van der Waals surface area contributed by atoms with Crippen LogP contribution in [0.3, 0.4) is 0 Å². The maximum atomic E-state index is 12.4. The van der Waals surface area contributed by atoms with E-state index in [2.05, 4.69) is 20.7 Å². The maximum Gasteiger partial charge on any atom is 0.242 e. The minimum absolute atomic E-state index is 0.0595. The largest absolute Gasteiger partial charge is 0.398 e. The van der Waals surface area contributed by atoms with E-state index in [1.807, 2.05) is 30.3 Å². The van der Waals surface area contributed by atoms with Crippen LogP contribution in [0.15, 0.2) is 57.9 Å². The van der Waals surface area contributed by atoms with Gasteiger partial charge in [0, 0.05) is 16.4 Å². The van der Waals surface area contributed by atoms with Crippen molar-refractivity contribution in [3.05, 3.63) is 58.6 Å². The highest BCUT2D eigenvalue weighted by molar-refractivity contribution is 9.10. The molecule has 110 valence electrons. The van der Waals surface area contributed by atoms with E-state index in [4.69, 9.17) is 5.73 Å². The van der Waals surface area contributed by atoms with Crippen molar-refractivity contribution in [2.24, 2.45) is 0 Å². The second-order valence-electron chi connectivity index (χ2n) is 5.16. The molecule has 0 aromatic heterocycles. The van der Waals surface area contributed by atoms with Crippen LogP contribution in [-0.4, -0.2) is 14.5 Å². The van der Waals surface area contributed by atoms with Crippen LogP contribution in [0.2, 0.25) is 0 Å². The summed E-state index contributed by atoms with van der Waals surface area (Å²) in [5.41, 5.74) is 7.19. The normalized spacial score (nSPS) is 21.2. The van der Waals surface area contributed by atoms with Gasteiger partial charge in [0.15, 0.2) is 0 Å². The highest BCUT2D eigenvalue weighted by atomic mass is 79.9. The van der Waals surface area contributed by atoms with Gasteiger partial charge < -0.3 is 5.73 Å². The van der Waals surface area contributed by atoms with E-state index in [0.717, 1.165) is 12.0 Å². The molecule has 1 aliphatic rings. The fourth-order valence-electron chi connectivity index (χ4n) is 2.40. The van der Waals surface area contributed by atoms with Crippen molar-refractivity contribution in [2.75, 3.05) is 5.73 Å². The van der Waals surface area contributed by atoms with Gasteiger partial charge in [-0.3, -0.25) is 0 Å². The molecule has 2 aromatic rings. The molecular weight excluding hydrogens is 352 g/mol. The molecular formula is C15H15BrN2O2S. The first-order chi connectivity index (χ1) is 9.97. The van der Waals surface area contributed by atoms with Gasteiger partial charge in [0.05, 0.1) is 5.69 Å². The van der Waals surface area contributed by atoms with E-state index < -0.39 is 10.0 Å². The lowest BCUT2D eigenvalue weighted by Gasteiger charge is -2.09. The number of benzene rings is 2. The number of hydrogen-bond donors (Lipinski definition) is 2. The molecule has 1 saturated carbocycles. The smallest absolute Gasteiger partial charge is 0.242 e. The first kappa shape index (κ1) is 14.6. The highest BCUT2D eigenvalue weighted by Crippen LogP contribution is 2.41. The molecule has 0 aliphatic heterocycles. The van der Waals surface area contributed by atoms with E-state index in [1.54, 1.807) is 12.1 Å². The average Bonchev–Trinajstić information content (AvgIpc) is 3.21. The van der Waals surface area contributed by atoms with Crippen LogP contribution < -0.4 is 10.5 Å². The third-order valence-electron chi connectivity index (χ3n) is 3.59. The number of nitrogen functional groups attached to an aromatic ring is 1. The van der Waals surface area contributed by atoms with Crippen molar-refractivity contribution < 1.29 is 8.42 Å². The summed E-state index contributed by atoms with van der Waals surface area (Å²) >= 11 is 3.27. The summed E-state index contributed by atoms with van der Waals surface area (Å²) in [5, 5.41) is 0. The van der Waals surface area contributed by atoms with Crippen molar-refractivity contribution in [3.8, 4) is 0 Å². The lowest BCUT2D eigenvalue weighted by Crippen LogP contribution is -2.27. The van der Waals surface area contributed by atoms with E-state index in [9.17, 15) is 8.42 Å². The summed E-state index contributed by atoms with van der Waals surface area (Å²) in [6.07, 6.45) is 0.817. The second-order valence-corrected chi connectivity index (χ2v) is 7.76. The summed E-state index contributed by atoms with van der Waals surface area (Å²) in [5.74, 6) is 0.245. The first-order valence-electron chi connectivity index (χ1n) is 6.60. The number of nitrogens with one attached hydrogen (secondary N) is 1. The molecule has 1 fully saturated rings. The van der Waals surface area contributed by atoms with E-state index >= 15 is 0 Å². The Morgan fingerprint density at radius 2 is 1.86 bits per heavy atom. The molecule has 0 bridgehead atoms. The lowest BCUT2D eigenvalue weighted by molar-refractivity contribution is 0.580. The maximum absolute atomic E-state index is 12.4. The van der Waals surface area contributed by atoms with Gasteiger partial charge >= 0.3 is 0 Å². The molecule has 1 aliphatic carbocycles. The summed E-state index contributed by atoms with van der Waals surface area (Å²) in [4.78, 5) is 0.121. The quantitative estimate of drug-likeness (QED) is 0.817. The van der Waals surface area contributed by atoms with Crippen LogP contribution in [0, 0.1) is 0 Å². The van der Waals surface area contributed by atoms with Crippen LogP contribution in [-0.2, 0) is 10.0 Å². The molecule has 3 N–H and O–H groups in total. The number of halogens is 1. The molecule has 2 aromatic carbocycles. The molecule has 0 amide bonds. The molecule has 2 unspecified atom stereocenters. The second kappa shape index (κ2) is 5.44. The van der Waals surface area contributed by atoms with Gasteiger partial charge in [-0.2, -0.15) is 0 Å². The van der Waals surface area contributed by atoms with Crippen molar-refractivity contribution in [2.45, 2.75) is 23.3 Å². The number of nitrogens with two attached hydrogens (primary N) is 1. The zero-order valence-electron chi connectivity index (χ0n) is 11.2. The first-order valence-corrected chi connectivity index (χ1v) is 8.87. The van der Waals surface area contributed by atoms with Gasteiger partial charge in [-0.1, -0.05) is 46.3 Å². The lowest BCUT2D eigenvalue weighted by atomic mass is 10.1. The Labute approximate surface area is 132 Å². The average molecular weight is 367 g/mol. The zero-order chi connectivity index (χ0) is 15.0. The topological polar surface area (TPSA) is 72.2 Å². The Kier molecular flexibility index (Phi) is 3.77. The number of hydrogen-bond acceptors (Lipinski definition) is 3. The number of rotatable bonds is 4. The number of anilines is 1. The predicted octanol–water partition coefficient (Wildman–Crippen LogP) is 2.87. The minimum Gasteiger partial charge on any atom is -0.398 e. The monoisotopic (exact) mass is 366 g/mol. The fraction of sp³-hybridized carbons (Fsp3) is 0.200. The minimum atomic E-state index is -3.60. The summed E-state index contributed by atoms with van der Waals surface area (Å²) in [6, 6.07) is 14.7. The van der Waals surface area contributed by atoms with Gasteiger partial charge in [0.25, 0.3) is 0 Å². The van der Waals surface area contributed by atoms with Crippen LogP contribution in [0.25, 0.3) is 0 Å². The third kappa shape index (κ3) is 3.12. The van der Waals surface area contributed by atoms with Crippen molar-refractivity contribution in [1.82, 2.24) is 4.72 Å². The van der Waals surface area contributed by atoms with Crippen molar-refractivity contribution in [3.63, 3.8) is 0 Å². The predicted molar refractivity (Wildman–Crippen MR) is 86.5 cm³/mol. The molecule has 0 radical (unpaired) electrons. The molecule has 2 atom stereocenters. The SMILES string of the molecule is Nc1ccc(Br)cc1S(=O)(=O)NC1CC1c1ccccc1. The zero-order valence-corrected chi connectivity index (χ0v) is 13.6. The van der Waals surface area contributed by atoms with Crippen LogP contribution in [0.5, 0.6) is 0 Å². The summed E-state index contributed by atoms with van der Waals surface area (Å²) in [7, 11) is -3.60. The van der Waals surface area contributed by atoms with Gasteiger partial charge in [-0.25, -0.2) is 13.1 Å². The van der Waals surface area contributed by atoms with Crippen molar-refractivity contribution in [1.29, 1.82) is 0 Å². The Balaban J connectivity index is 1.78. The Bertz CT molecular complexity index is 762. The number of sulfonamides is 1. The third-order valence-corrected chi connectivity index (χ3v) is 5.63.